The van der Waals surface area contributed by atoms with Gasteiger partial charge >= 0.3 is 0 Å². The van der Waals surface area contributed by atoms with Crippen LogP contribution in [0.25, 0.3) is 0 Å². The van der Waals surface area contributed by atoms with Crippen molar-refractivity contribution in [2.45, 2.75) is 33.2 Å². The first-order valence-electron chi connectivity index (χ1n) is 6.16. The summed E-state index contributed by atoms with van der Waals surface area (Å²) in [5, 5.41) is 0. The molecule has 2 N–H and O–H groups in total. The molecule has 0 aromatic heterocycles. The second-order valence-electron chi connectivity index (χ2n) is 5.20. The quantitative estimate of drug-likeness (QED) is 0.854. The summed E-state index contributed by atoms with van der Waals surface area (Å²) >= 11 is 0. The number of nitrogens with zero attached hydrogens (tertiary/aromatic N) is 1. The second-order valence-corrected chi connectivity index (χ2v) is 5.20. The summed E-state index contributed by atoms with van der Waals surface area (Å²) in [6.45, 7) is 7.04. The predicted molar refractivity (Wildman–Crippen MR) is 71.9 cm³/mol. The van der Waals surface area contributed by atoms with E-state index in [1.807, 2.05) is 24.9 Å². The molecule has 1 aromatic carbocycles. The minimum atomic E-state index is -0.161. The number of rotatable bonds is 5. The van der Waals surface area contributed by atoms with Gasteiger partial charge in [0.25, 0.3) is 0 Å². The van der Waals surface area contributed by atoms with Crippen LogP contribution in [0.5, 0.6) is 0 Å². The van der Waals surface area contributed by atoms with E-state index in [0.29, 0.717) is 18.0 Å². The molecule has 0 aliphatic heterocycles. The fraction of sp³-hybridized carbons (Fsp3) is 0.571. The van der Waals surface area contributed by atoms with E-state index in [1.165, 1.54) is 6.07 Å². The molecule has 1 aromatic rings. The number of benzene rings is 1. The molecule has 96 valence electrons. The van der Waals surface area contributed by atoms with Gasteiger partial charge in [0, 0.05) is 19.6 Å². The van der Waals surface area contributed by atoms with Gasteiger partial charge in [-0.15, -0.1) is 0 Å². The predicted octanol–water partition coefficient (Wildman–Crippen LogP) is 2.81. The average Bonchev–Trinajstić information content (AvgIpc) is 2.14. The Labute approximate surface area is 104 Å². The maximum atomic E-state index is 13.9. The molecular weight excluding hydrogens is 215 g/mol. The Balaban J connectivity index is 3.02. The summed E-state index contributed by atoms with van der Waals surface area (Å²) in [4.78, 5) is 1.98. The van der Waals surface area contributed by atoms with E-state index in [1.54, 1.807) is 6.07 Å². The van der Waals surface area contributed by atoms with Gasteiger partial charge in [-0.25, -0.2) is 4.39 Å². The molecule has 0 radical (unpaired) electrons. The molecule has 1 unspecified atom stereocenters. The molecule has 0 spiro atoms. The molecule has 0 saturated carbocycles. The van der Waals surface area contributed by atoms with Crippen LogP contribution in [0.4, 0.5) is 10.1 Å². The lowest BCUT2D eigenvalue weighted by atomic mass is 10.0. The standard InChI is InChI=1S/C14H23FN2/c1-10(2)9-17(4)14-12(8-11(3)16)6-5-7-13(14)15/h5-7,10-11H,8-9,16H2,1-4H3. The van der Waals surface area contributed by atoms with Gasteiger partial charge in [-0.2, -0.15) is 0 Å². The van der Waals surface area contributed by atoms with Gasteiger partial charge in [0.05, 0.1) is 5.69 Å². The Morgan fingerprint density at radius 1 is 1.29 bits per heavy atom. The molecule has 17 heavy (non-hydrogen) atoms. The van der Waals surface area contributed by atoms with Gasteiger partial charge < -0.3 is 10.6 Å². The van der Waals surface area contributed by atoms with E-state index in [-0.39, 0.29) is 11.9 Å². The average molecular weight is 238 g/mol. The van der Waals surface area contributed by atoms with Crippen LogP contribution in [0.15, 0.2) is 18.2 Å². The van der Waals surface area contributed by atoms with Gasteiger partial charge in [0.15, 0.2) is 0 Å². The first-order chi connectivity index (χ1) is 7.91. The lowest BCUT2D eigenvalue weighted by Crippen LogP contribution is -2.26. The Hall–Kier alpha value is -1.09. The number of hydrogen-bond acceptors (Lipinski definition) is 2. The molecule has 1 rings (SSSR count). The molecule has 0 bridgehead atoms. The smallest absolute Gasteiger partial charge is 0.146 e. The Morgan fingerprint density at radius 3 is 2.47 bits per heavy atom. The largest absolute Gasteiger partial charge is 0.372 e. The highest BCUT2D eigenvalue weighted by Crippen LogP contribution is 2.25. The number of hydrogen-bond donors (Lipinski definition) is 1. The van der Waals surface area contributed by atoms with Crippen LogP contribution in [-0.4, -0.2) is 19.6 Å². The molecule has 0 fully saturated rings. The fourth-order valence-electron chi connectivity index (χ4n) is 2.14. The van der Waals surface area contributed by atoms with Crippen molar-refractivity contribution in [1.82, 2.24) is 0 Å². The molecule has 1 atom stereocenters. The van der Waals surface area contributed by atoms with Crippen molar-refractivity contribution < 1.29 is 4.39 Å². The third-order valence-corrected chi connectivity index (χ3v) is 2.63. The van der Waals surface area contributed by atoms with Crippen LogP contribution in [0.1, 0.15) is 26.3 Å². The van der Waals surface area contributed by atoms with Crippen molar-refractivity contribution in [3.8, 4) is 0 Å². The maximum Gasteiger partial charge on any atom is 0.146 e. The minimum absolute atomic E-state index is 0.0444. The summed E-state index contributed by atoms with van der Waals surface area (Å²) < 4.78 is 13.9. The normalized spacial score (nSPS) is 12.9. The van der Waals surface area contributed by atoms with Gasteiger partial charge in [-0.1, -0.05) is 26.0 Å². The summed E-state index contributed by atoms with van der Waals surface area (Å²) in [7, 11) is 1.93. The summed E-state index contributed by atoms with van der Waals surface area (Å²) in [6, 6.07) is 5.26. The topological polar surface area (TPSA) is 29.3 Å². The van der Waals surface area contributed by atoms with Gasteiger partial charge in [-0.05, 0) is 30.9 Å². The number of halogens is 1. The fourth-order valence-corrected chi connectivity index (χ4v) is 2.14. The third kappa shape index (κ3) is 4.00. The van der Waals surface area contributed by atoms with Crippen molar-refractivity contribution in [2.24, 2.45) is 11.7 Å². The van der Waals surface area contributed by atoms with E-state index in [4.69, 9.17) is 5.73 Å². The number of para-hydroxylation sites is 1. The zero-order valence-electron chi connectivity index (χ0n) is 11.2. The molecule has 0 heterocycles. The second kappa shape index (κ2) is 6.01. The molecule has 3 heteroatoms. The van der Waals surface area contributed by atoms with Gasteiger partial charge in [-0.3, -0.25) is 0 Å². The van der Waals surface area contributed by atoms with Crippen LogP contribution in [0.2, 0.25) is 0 Å². The van der Waals surface area contributed by atoms with E-state index >= 15 is 0 Å². The monoisotopic (exact) mass is 238 g/mol. The van der Waals surface area contributed by atoms with Crippen LogP contribution in [0, 0.1) is 11.7 Å². The number of anilines is 1. The van der Waals surface area contributed by atoms with Crippen molar-refractivity contribution >= 4 is 5.69 Å². The molecule has 2 nitrogen and oxygen atoms in total. The van der Waals surface area contributed by atoms with Crippen molar-refractivity contribution in [3.63, 3.8) is 0 Å². The van der Waals surface area contributed by atoms with Crippen molar-refractivity contribution in [2.75, 3.05) is 18.5 Å². The Morgan fingerprint density at radius 2 is 1.94 bits per heavy atom. The van der Waals surface area contributed by atoms with Gasteiger partial charge in [0.1, 0.15) is 5.82 Å². The highest BCUT2D eigenvalue weighted by atomic mass is 19.1. The van der Waals surface area contributed by atoms with Crippen LogP contribution >= 0.6 is 0 Å². The zero-order valence-corrected chi connectivity index (χ0v) is 11.2. The summed E-state index contributed by atoms with van der Waals surface area (Å²) in [5.74, 6) is 0.342. The minimum Gasteiger partial charge on any atom is -0.372 e. The van der Waals surface area contributed by atoms with E-state index in [2.05, 4.69) is 13.8 Å². The molecule has 0 amide bonds. The lowest BCUT2D eigenvalue weighted by molar-refractivity contribution is 0.594. The van der Waals surface area contributed by atoms with Crippen LogP contribution in [-0.2, 0) is 6.42 Å². The van der Waals surface area contributed by atoms with E-state index < -0.39 is 0 Å². The highest BCUT2D eigenvalue weighted by molar-refractivity contribution is 5.54. The molecule has 0 saturated heterocycles. The first-order valence-corrected chi connectivity index (χ1v) is 6.16. The van der Waals surface area contributed by atoms with E-state index in [9.17, 15) is 4.39 Å². The van der Waals surface area contributed by atoms with Gasteiger partial charge in [0.2, 0.25) is 0 Å². The number of nitrogens with two attached hydrogens (primary N) is 1. The van der Waals surface area contributed by atoms with Crippen LogP contribution in [0.3, 0.4) is 0 Å². The van der Waals surface area contributed by atoms with E-state index in [0.717, 1.165) is 12.1 Å². The first kappa shape index (κ1) is 14.0. The zero-order chi connectivity index (χ0) is 13.0. The Kier molecular flexibility index (Phi) is 4.94. The molecule has 0 aliphatic rings. The third-order valence-electron chi connectivity index (χ3n) is 2.63. The summed E-state index contributed by atoms with van der Waals surface area (Å²) in [6.07, 6.45) is 0.704. The highest BCUT2D eigenvalue weighted by Gasteiger charge is 2.14. The molecule has 0 aliphatic carbocycles. The Bertz CT molecular complexity index is 361. The summed E-state index contributed by atoms with van der Waals surface area (Å²) in [5.41, 5.74) is 7.49. The van der Waals surface area contributed by atoms with Crippen LogP contribution < -0.4 is 10.6 Å². The lowest BCUT2D eigenvalue weighted by Gasteiger charge is -2.25. The maximum absolute atomic E-state index is 13.9. The molecular formula is C14H23FN2. The van der Waals surface area contributed by atoms with Crippen molar-refractivity contribution in [3.05, 3.63) is 29.6 Å². The SMILES string of the molecule is CC(C)CN(C)c1c(F)cccc1CC(C)N. The van der Waals surface area contributed by atoms with Crippen molar-refractivity contribution in [1.29, 1.82) is 0 Å².